The Bertz CT molecular complexity index is 1240. The summed E-state index contributed by atoms with van der Waals surface area (Å²) in [6.07, 6.45) is 3.28. The molecule has 1 atom stereocenters. The minimum Gasteiger partial charge on any atom is -0.304 e. The van der Waals surface area contributed by atoms with Gasteiger partial charge in [0.1, 0.15) is 11.6 Å². The van der Waals surface area contributed by atoms with Crippen LogP contribution in [0.25, 0.3) is 22.6 Å². The topological polar surface area (TPSA) is 93.5 Å². The molecule has 158 valence electrons. The summed E-state index contributed by atoms with van der Waals surface area (Å²) in [5.74, 6) is 0.573. The van der Waals surface area contributed by atoms with Gasteiger partial charge in [-0.15, -0.1) is 5.10 Å². The average Bonchev–Trinajstić information content (AvgIpc) is 3.19. The molecule has 7 heteroatoms. The summed E-state index contributed by atoms with van der Waals surface area (Å²) in [6, 6.07) is 17.9. The van der Waals surface area contributed by atoms with Crippen molar-refractivity contribution in [1.82, 2.24) is 25.0 Å². The minimum absolute atomic E-state index is 0.0637. The van der Waals surface area contributed by atoms with E-state index in [4.69, 9.17) is 0 Å². The van der Waals surface area contributed by atoms with Crippen molar-refractivity contribution >= 4 is 16.9 Å². The molecule has 1 N–H and O–H groups in total. The molecule has 0 radical (unpaired) electrons. The third-order valence-corrected chi connectivity index (χ3v) is 5.36. The second-order valence-corrected chi connectivity index (χ2v) is 7.92. The number of rotatable bonds is 8. The number of carbonyl (C=O) groups is 1. The zero-order valence-electron chi connectivity index (χ0n) is 17.7. The lowest BCUT2D eigenvalue weighted by molar-refractivity contribution is -0.116. The Morgan fingerprint density at radius 1 is 1.06 bits per heavy atom. The van der Waals surface area contributed by atoms with E-state index in [2.05, 4.69) is 39.3 Å². The zero-order valence-corrected chi connectivity index (χ0v) is 17.7. The molecule has 0 amide bonds. The molecule has 0 aliphatic rings. The van der Waals surface area contributed by atoms with E-state index in [1.807, 2.05) is 42.5 Å². The van der Waals surface area contributed by atoms with Crippen LogP contribution < -0.4 is 5.56 Å². The van der Waals surface area contributed by atoms with Crippen LogP contribution >= 0.6 is 0 Å². The van der Waals surface area contributed by atoms with Gasteiger partial charge in [0.25, 0.3) is 5.56 Å². The number of benzene rings is 2. The van der Waals surface area contributed by atoms with Crippen LogP contribution in [0.4, 0.5) is 0 Å². The van der Waals surface area contributed by atoms with E-state index in [1.54, 1.807) is 11.6 Å². The van der Waals surface area contributed by atoms with E-state index in [0.717, 1.165) is 30.4 Å². The molecule has 0 fully saturated rings. The number of carbonyl (C=O) groups excluding carboxylic acids is 1. The first kappa shape index (κ1) is 20.7. The second-order valence-electron chi connectivity index (χ2n) is 7.92. The lowest BCUT2D eigenvalue weighted by Crippen LogP contribution is -2.13. The fourth-order valence-corrected chi connectivity index (χ4v) is 3.71. The van der Waals surface area contributed by atoms with Gasteiger partial charge >= 0.3 is 0 Å². The summed E-state index contributed by atoms with van der Waals surface area (Å²) < 4.78 is 1.74. The molecule has 0 aliphatic heterocycles. The highest BCUT2D eigenvalue weighted by molar-refractivity contribution is 5.78. The van der Waals surface area contributed by atoms with Gasteiger partial charge in [0.2, 0.25) is 0 Å². The number of aromatic nitrogens is 5. The number of nitrogens with one attached hydrogen (secondary N) is 1. The molecule has 2 heterocycles. The number of Topliss-reactive ketones (excluding diaryl/α,β-unsaturated/α-hetero) is 1. The summed E-state index contributed by atoms with van der Waals surface area (Å²) in [4.78, 5) is 31.3. The number of fused-ring (bicyclic) bond motifs is 1. The Hall–Kier alpha value is -3.61. The molecule has 2 aromatic carbocycles. The highest BCUT2D eigenvalue weighted by atomic mass is 16.1. The lowest BCUT2D eigenvalue weighted by atomic mass is 10.1. The second kappa shape index (κ2) is 9.04. The van der Waals surface area contributed by atoms with Gasteiger partial charge in [-0.25, -0.2) is 9.67 Å². The molecule has 0 aliphatic carbocycles. The lowest BCUT2D eigenvalue weighted by Gasteiger charge is -2.12. The van der Waals surface area contributed by atoms with Crippen molar-refractivity contribution < 1.29 is 4.79 Å². The van der Waals surface area contributed by atoms with Crippen molar-refractivity contribution in [2.45, 2.75) is 45.6 Å². The maximum Gasteiger partial charge on any atom is 0.281 e. The van der Waals surface area contributed by atoms with Crippen molar-refractivity contribution in [3.63, 3.8) is 0 Å². The van der Waals surface area contributed by atoms with Crippen LogP contribution in [0, 0.1) is 0 Å². The Kier molecular flexibility index (Phi) is 6.02. The number of nitrogens with zero attached hydrogens (tertiary/aromatic N) is 4. The van der Waals surface area contributed by atoms with Gasteiger partial charge in [0.05, 0.1) is 6.04 Å². The van der Waals surface area contributed by atoms with Gasteiger partial charge in [-0.3, -0.25) is 9.59 Å². The number of ketones is 1. The average molecular weight is 415 g/mol. The molecule has 4 aromatic rings. The monoisotopic (exact) mass is 415 g/mol. The van der Waals surface area contributed by atoms with Gasteiger partial charge in [-0.1, -0.05) is 59.8 Å². The van der Waals surface area contributed by atoms with Gasteiger partial charge in [-0.2, -0.15) is 0 Å². The molecule has 0 bridgehead atoms. The van der Waals surface area contributed by atoms with Gasteiger partial charge in [-0.05, 0) is 44.2 Å². The Morgan fingerprint density at radius 3 is 2.52 bits per heavy atom. The maximum absolute atomic E-state index is 12.6. The summed E-state index contributed by atoms with van der Waals surface area (Å²) in [7, 11) is 0. The first-order valence-electron chi connectivity index (χ1n) is 10.5. The molecule has 2 aromatic heterocycles. The Morgan fingerprint density at radius 2 is 1.81 bits per heavy atom. The zero-order chi connectivity index (χ0) is 21.8. The van der Waals surface area contributed by atoms with Crippen LogP contribution in [-0.2, 0) is 17.6 Å². The summed E-state index contributed by atoms with van der Waals surface area (Å²) in [5, 5.41) is 8.27. The third kappa shape index (κ3) is 4.77. The predicted molar refractivity (Wildman–Crippen MR) is 120 cm³/mol. The third-order valence-electron chi connectivity index (χ3n) is 5.36. The van der Waals surface area contributed by atoms with Crippen molar-refractivity contribution in [2.75, 3.05) is 0 Å². The number of aromatic amines is 1. The minimum atomic E-state index is -0.310. The molecule has 31 heavy (non-hydrogen) atoms. The van der Waals surface area contributed by atoms with E-state index in [1.165, 1.54) is 5.56 Å². The van der Waals surface area contributed by atoms with Crippen LogP contribution in [0.1, 0.15) is 43.9 Å². The summed E-state index contributed by atoms with van der Waals surface area (Å²) >= 11 is 0. The van der Waals surface area contributed by atoms with E-state index < -0.39 is 0 Å². The number of hydrogen-bond donors (Lipinski definition) is 1. The van der Waals surface area contributed by atoms with Crippen molar-refractivity contribution in [3.05, 3.63) is 76.1 Å². The molecule has 4 rings (SSSR count). The smallest absolute Gasteiger partial charge is 0.281 e. The van der Waals surface area contributed by atoms with E-state index in [9.17, 15) is 9.59 Å². The van der Waals surface area contributed by atoms with Crippen molar-refractivity contribution in [3.8, 4) is 11.4 Å². The first-order chi connectivity index (χ1) is 15.0. The summed E-state index contributed by atoms with van der Waals surface area (Å²) in [5.41, 5.74) is 3.43. The van der Waals surface area contributed by atoms with Crippen LogP contribution in [0.15, 0.2) is 59.4 Å². The molecule has 0 saturated carbocycles. The van der Waals surface area contributed by atoms with Gasteiger partial charge < -0.3 is 4.98 Å². The molecular weight excluding hydrogens is 390 g/mol. The maximum atomic E-state index is 12.6. The van der Waals surface area contributed by atoms with Crippen LogP contribution in [0.5, 0.6) is 0 Å². The highest BCUT2D eigenvalue weighted by Crippen LogP contribution is 2.21. The summed E-state index contributed by atoms with van der Waals surface area (Å²) in [6.45, 7) is 3.63. The largest absolute Gasteiger partial charge is 0.304 e. The van der Waals surface area contributed by atoms with E-state index >= 15 is 0 Å². The van der Waals surface area contributed by atoms with Crippen molar-refractivity contribution in [1.29, 1.82) is 0 Å². The Balaban J connectivity index is 1.56. The van der Waals surface area contributed by atoms with Gasteiger partial charge in [0.15, 0.2) is 11.2 Å². The van der Waals surface area contributed by atoms with Crippen molar-refractivity contribution in [2.24, 2.45) is 0 Å². The molecule has 0 saturated heterocycles. The van der Waals surface area contributed by atoms with Crippen LogP contribution in [0.2, 0.25) is 0 Å². The molecule has 7 nitrogen and oxygen atoms in total. The Labute approximate surface area is 180 Å². The normalized spacial score (nSPS) is 12.2. The SMILES string of the molecule is CC(=O)Cc1ccc(-c2nc3c(nnn3C(C)CCCc3ccccc3)c(=O)[nH]2)cc1. The number of aryl methyl sites for hydroxylation is 1. The first-order valence-corrected chi connectivity index (χ1v) is 10.5. The fraction of sp³-hybridized carbons (Fsp3) is 0.292. The number of hydrogen-bond acceptors (Lipinski definition) is 5. The highest BCUT2D eigenvalue weighted by Gasteiger charge is 2.17. The van der Waals surface area contributed by atoms with E-state index in [-0.39, 0.29) is 22.9 Å². The molecule has 1 unspecified atom stereocenters. The number of H-pyrrole nitrogens is 1. The standard InChI is InChI=1S/C24H25N5O2/c1-16(7-6-10-18-8-4-3-5-9-18)29-23-21(27-28-29)24(31)26-22(25-23)20-13-11-19(12-14-20)15-17(2)30/h3-5,8-9,11-14,16H,6-7,10,15H2,1-2H3,(H,25,26,31). The van der Waals surface area contributed by atoms with Crippen LogP contribution in [-0.4, -0.2) is 30.7 Å². The van der Waals surface area contributed by atoms with Gasteiger partial charge in [0, 0.05) is 12.0 Å². The predicted octanol–water partition coefficient (Wildman–Crippen LogP) is 3.90. The van der Waals surface area contributed by atoms with E-state index in [0.29, 0.717) is 17.9 Å². The molecular formula is C24H25N5O2. The quantitative estimate of drug-likeness (QED) is 0.471. The molecule has 0 spiro atoms. The van der Waals surface area contributed by atoms with Crippen LogP contribution in [0.3, 0.4) is 0 Å². The fourth-order valence-electron chi connectivity index (χ4n) is 3.71.